The third-order valence-electron chi connectivity index (χ3n) is 7.14. The highest BCUT2D eigenvalue weighted by atomic mass is 16.6. The maximum atomic E-state index is 13.2. The molecule has 2 aromatic carbocycles. The van der Waals surface area contributed by atoms with E-state index in [-0.39, 0.29) is 29.9 Å². The molecule has 0 aliphatic carbocycles. The number of rotatable bonds is 9. The van der Waals surface area contributed by atoms with Gasteiger partial charge in [-0.15, -0.1) is 0 Å². The third kappa shape index (κ3) is 4.84. The molecule has 0 radical (unpaired) electrons. The summed E-state index contributed by atoms with van der Waals surface area (Å²) in [6, 6.07) is 15.4. The number of esters is 1. The minimum absolute atomic E-state index is 0.0597. The molecule has 5 rings (SSSR count). The predicted molar refractivity (Wildman–Crippen MR) is 132 cm³/mol. The molecule has 1 saturated heterocycles. The molecule has 37 heavy (non-hydrogen) atoms. The number of aryl methyl sites for hydroxylation is 1. The minimum atomic E-state index is -0.840. The van der Waals surface area contributed by atoms with Crippen molar-refractivity contribution in [2.24, 2.45) is 11.1 Å². The second kappa shape index (κ2) is 10.1. The van der Waals surface area contributed by atoms with Crippen molar-refractivity contribution in [1.82, 2.24) is 4.90 Å². The summed E-state index contributed by atoms with van der Waals surface area (Å²) >= 11 is 0. The van der Waals surface area contributed by atoms with Crippen LogP contribution in [0.5, 0.6) is 0 Å². The number of nitrogens with zero attached hydrogens (tertiary/aromatic N) is 3. The van der Waals surface area contributed by atoms with Gasteiger partial charge in [-0.1, -0.05) is 35.5 Å². The van der Waals surface area contributed by atoms with E-state index in [4.69, 9.17) is 9.57 Å². The Morgan fingerprint density at radius 3 is 2.57 bits per heavy atom. The average molecular weight is 506 g/mol. The molecule has 1 fully saturated rings. The summed E-state index contributed by atoms with van der Waals surface area (Å²) in [5.74, 6) is -1.58. The highest BCUT2D eigenvalue weighted by molar-refractivity contribution is 6.01. The number of hydrogen-bond acceptors (Lipinski definition) is 8. The van der Waals surface area contributed by atoms with E-state index in [9.17, 15) is 24.8 Å². The molecule has 0 unspecified atom stereocenters. The molecule has 2 aromatic rings. The van der Waals surface area contributed by atoms with Crippen molar-refractivity contribution in [3.63, 3.8) is 0 Å². The molecule has 3 aliphatic heterocycles. The number of benzene rings is 2. The Labute approximate surface area is 213 Å². The normalized spacial score (nSPS) is 23.2. The highest BCUT2D eigenvalue weighted by Gasteiger charge is 2.58. The first-order valence-electron chi connectivity index (χ1n) is 12.2. The fraction of sp³-hybridized carbons (Fsp3) is 0.370. The second-order valence-electron chi connectivity index (χ2n) is 9.56. The van der Waals surface area contributed by atoms with Crippen molar-refractivity contribution in [3.8, 4) is 0 Å². The summed E-state index contributed by atoms with van der Waals surface area (Å²) in [4.78, 5) is 43.6. The van der Waals surface area contributed by atoms with Crippen molar-refractivity contribution in [2.45, 2.75) is 57.5 Å². The predicted octanol–water partition coefficient (Wildman–Crippen LogP) is 3.28. The number of carbonyl (C=O) groups is 2. The quantitative estimate of drug-likeness (QED) is 0.239. The summed E-state index contributed by atoms with van der Waals surface area (Å²) in [7, 11) is 0. The van der Waals surface area contributed by atoms with Gasteiger partial charge in [0.1, 0.15) is 12.3 Å². The van der Waals surface area contributed by atoms with Crippen LogP contribution in [0.25, 0.3) is 0 Å². The number of non-ortho nitro benzene ring substituents is 1. The summed E-state index contributed by atoms with van der Waals surface area (Å²) in [6.45, 7) is 1.46. The summed E-state index contributed by atoms with van der Waals surface area (Å²) in [5.41, 5.74) is 3.39. The molecule has 1 N–H and O–H groups in total. The lowest BCUT2D eigenvalue weighted by Crippen LogP contribution is -2.61. The summed E-state index contributed by atoms with van der Waals surface area (Å²) in [5, 5.41) is 25.2. The van der Waals surface area contributed by atoms with E-state index in [1.54, 1.807) is 6.92 Å². The number of fused-ring (bicyclic) bond motifs is 1. The molecule has 3 heterocycles. The Hall–Kier alpha value is -4.05. The van der Waals surface area contributed by atoms with E-state index >= 15 is 0 Å². The Kier molecular flexibility index (Phi) is 6.75. The lowest BCUT2D eigenvalue weighted by molar-refractivity contribution is -0.384. The minimum Gasteiger partial charge on any atom is -0.456 e. The molecule has 0 saturated carbocycles. The molecule has 4 atom stereocenters. The summed E-state index contributed by atoms with van der Waals surface area (Å²) in [6.07, 6.45) is 1.12. The molecule has 1 amide bonds. The van der Waals surface area contributed by atoms with Crippen LogP contribution in [0.15, 0.2) is 71.0 Å². The Bertz CT molecular complexity index is 1270. The number of aliphatic hydroxyl groups is 1. The van der Waals surface area contributed by atoms with Crippen LogP contribution in [-0.2, 0) is 32.2 Å². The van der Waals surface area contributed by atoms with Gasteiger partial charge in [0.15, 0.2) is 6.10 Å². The number of hydrogen-bond donors (Lipinski definition) is 1. The van der Waals surface area contributed by atoms with Crippen LogP contribution in [0.2, 0.25) is 0 Å². The molecule has 0 bridgehead atoms. The van der Waals surface area contributed by atoms with Crippen LogP contribution in [-0.4, -0.2) is 50.8 Å². The van der Waals surface area contributed by atoms with Gasteiger partial charge in [-0.2, -0.15) is 0 Å². The first-order valence-corrected chi connectivity index (χ1v) is 12.2. The number of aliphatic hydroxyl groups excluding tert-OH is 1. The third-order valence-corrected chi connectivity index (χ3v) is 7.14. The maximum absolute atomic E-state index is 13.2. The van der Waals surface area contributed by atoms with Crippen LogP contribution in [0, 0.1) is 16.0 Å². The van der Waals surface area contributed by atoms with E-state index in [0.717, 1.165) is 18.6 Å². The highest BCUT2D eigenvalue weighted by Crippen LogP contribution is 2.46. The number of oxime groups is 1. The zero-order valence-electron chi connectivity index (χ0n) is 20.3. The SMILES string of the molecule is C[C@@H](O)[C@H]1C(=O)N2C(C(=O)OCc3ccc([N+](=O)[O-])cc3)=C([C@@H]3CC(CCc4ccccc4)=NO3)C[C@H]12. The van der Waals surface area contributed by atoms with E-state index in [1.807, 2.05) is 18.2 Å². The van der Waals surface area contributed by atoms with Crippen LogP contribution in [0.1, 0.15) is 37.3 Å². The smallest absolute Gasteiger partial charge is 0.355 e. The van der Waals surface area contributed by atoms with Crippen molar-refractivity contribution in [3.05, 3.63) is 87.1 Å². The Morgan fingerprint density at radius 2 is 1.89 bits per heavy atom. The molecule has 10 heteroatoms. The molecule has 192 valence electrons. The number of carbonyl (C=O) groups excluding carboxylic acids is 2. The van der Waals surface area contributed by atoms with E-state index < -0.39 is 29.0 Å². The second-order valence-corrected chi connectivity index (χ2v) is 9.56. The van der Waals surface area contributed by atoms with Crippen molar-refractivity contribution in [1.29, 1.82) is 0 Å². The van der Waals surface area contributed by atoms with Gasteiger partial charge in [-0.05, 0) is 49.4 Å². The number of ether oxygens (including phenoxy) is 1. The molecule has 3 aliphatic rings. The maximum Gasteiger partial charge on any atom is 0.355 e. The molecule has 0 aromatic heterocycles. The largest absolute Gasteiger partial charge is 0.456 e. The molecular weight excluding hydrogens is 478 g/mol. The fourth-order valence-corrected chi connectivity index (χ4v) is 5.20. The van der Waals surface area contributed by atoms with Gasteiger partial charge in [-0.25, -0.2) is 4.79 Å². The van der Waals surface area contributed by atoms with Gasteiger partial charge >= 0.3 is 5.97 Å². The number of nitro benzene ring substituents is 1. The van der Waals surface area contributed by atoms with Crippen molar-refractivity contribution in [2.75, 3.05) is 0 Å². The number of nitro groups is 1. The molecular formula is C27H27N3O7. The lowest BCUT2D eigenvalue weighted by atomic mass is 9.82. The van der Waals surface area contributed by atoms with Gasteiger partial charge in [0.25, 0.3) is 5.69 Å². The van der Waals surface area contributed by atoms with Gasteiger partial charge in [-0.3, -0.25) is 14.9 Å². The number of amides is 1. The first kappa shape index (κ1) is 24.6. The Balaban J connectivity index is 1.30. The zero-order valence-corrected chi connectivity index (χ0v) is 20.3. The summed E-state index contributed by atoms with van der Waals surface area (Å²) < 4.78 is 5.52. The Morgan fingerprint density at radius 1 is 1.16 bits per heavy atom. The molecule has 10 nitrogen and oxygen atoms in total. The van der Waals surface area contributed by atoms with Crippen LogP contribution >= 0.6 is 0 Å². The van der Waals surface area contributed by atoms with Crippen molar-refractivity contribution < 1.29 is 29.2 Å². The van der Waals surface area contributed by atoms with Gasteiger partial charge in [0, 0.05) is 24.1 Å². The standard InChI is InChI=1S/C27H27N3O7/c1-16(31)24-22-14-21(23-13-19(28-37-23)10-7-17-5-3-2-4-6-17)25(29(22)26(24)32)27(33)36-15-18-8-11-20(12-9-18)30(34)35/h2-6,8-9,11-12,16,22-24,31H,7,10,13-15H2,1H3/t16-,22-,23+,24-/m1/s1. The van der Waals surface area contributed by atoms with Gasteiger partial charge in [0.05, 0.1) is 28.7 Å². The molecule has 0 spiro atoms. The lowest BCUT2D eigenvalue weighted by Gasteiger charge is -2.44. The first-order chi connectivity index (χ1) is 17.8. The average Bonchev–Trinajstić information content (AvgIpc) is 3.49. The topological polar surface area (TPSA) is 132 Å². The fourth-order valence-electron chi connectivity index (χ4n) is 5.20. The van der Waals surface area contributed by atoms with Gasteiger partial charge in [0.2, 0.25) is 5.91 Å². The van der Waals surface area contributed by atoms with Crippen LogP contribution in [0.3, 0.4) is 0 Å². The van der Waals surface area contributed by atoms with Crippen molar-refractivity contribution >= 4 is 23.3 Å². The number of β-lactam (4-membered cyclic amide) rings is 1. The van der Waals surface area contributed by atoms with Crippen LogP contribution < -0.4 is 0 Å². The van der Waals surface area contributed by atoms with E-state index in [1.165, 1.54) is 34.7 Å². The van der Waals surface area contributed by atoms with E-state index in [0.29, 0.717) is 24.0 Å². The van der Waals surface area contributed by atoms with E-state index in [2.05, 4.69) is 17.3 Å². The zero-order chi connectivity index (χ0) is 26.1. The van der Waals surface area contributed by atoms with Gasteiger partial charge < -0.3 is 19.6 Å². The monoisotopic (exact) mass is 505 g/mol. The van der Waals surface area contributed by atoms with Crippen LogP contribution in [0.4, 0.5) is 5.69 Å².